The Morgan fingerprint density at radius 3 is 2.82 bits per heavy atom. The van der Waals surface area contributed by atoms with Gasteiger partial charge < -0.3 is 19.8 Å². The summed E-state index contributed by atoms with van der Waals surface area (Å²) in [4.78, 5) is 20.8. The quantitative estimate of drug-likeness (QED) is 0.839. The number of piperidine rings is 1. The third-order valence-electron chi connectivity index (χ3n) is 4.27. The van der Waals surface area contributed by atoms with E-state index in [4.69, 9.17) is 4.74 Å². The van der Waals surface area contributed by atoms with Crippen LogP contribution in [0.5, 0.6) is 0 Å². The molecule has 0 aliphatic carbocycles. The summed E-state index contributed by atoms with van der Waals surface area (Å²) in [6.07, 6.45) is 8.82. The second-order valence-electron chi connectivity index (χ2n) is 5.80. The predicted molar refractivity (Wildman–Crippen MR) is 81.7 cm³/mol. The second kappa shape index (κ2) is 6.41. The number of carbonyl (C=O) groups excluding carboxylic acids is 1. The molecule has 0 aromatic carbocycles. The van der Waals surface area contributed by atoms with E-state index >= 15 is 0 Å². The summed E-state index contributed by atoms with van der Waals surface area (Å²) in [6, 6.07) is 0. The van der Waals surface area contributed by atoms with Crippen molar-refractivity contribution in [2.75, 3.05) is 33.4 Å². The van der Waals surface area contributed by atoms with Gasteiger partial charge in [0.15, 0.2) is 11.3 Å². The van der Waals surface area contributed by atoms with Crippen LogP contribution in [-0.2, 0) is 4.74 Å². The highest BCUT2D eigenvalue weighted by molar-refractivity contribution is 5.97. The normalized spacial score (nSPS) is 17.5. The number of imidazole rings is 1. The highest BCUT2D eigenvalue weighted by Crippen LogP contribution is 2.28. The maximum absolute atomic E-state index is 12.5. The number of fused-ring (bicyclic) bond motifs is 1. The predicted octanol–water partition coefficient (Wildman–Crippen LogP) is 0.475. The molecule has 22 heavy (non-hydrogen) atoms. The molecular formula is C15H21N5O2. The van der Waals surface area contributed by atoms with Gasteiger partial charge >= 0.3 is 0 Å². The van der Waals surface area contributed by atoms with Crippen molar-refractivity contribution < 1.29 is 9.53 Å². The third kappa shape index (κ3) is 2.95. The molecule has 0 unspecified atom stereocenters. The lowest BCUT2D eigenvalue weighted by Crippen LogP contribution is -2.47. The number of methoxy groups -OCH3 is 1. The van der Waals surface area contributed by atoms with E-state index in [1.165, 1.54) is 0 Å². The van der Waals surface area contributed by atoms with Gasteiger partial charge in [-0.3, -0.25) is 4.79 Å². The first-order valence-corrected chi connectivity index (χ1v) is 7.50. The van der Waals surface area contributed by atoms with Crippen LogP contribution in [-0.4, -0.2) is 53.6 Å². The molecule has 2 aromatic heterocycles. The minimum Gasteiger partial charge on any atom is -0.384 e. The summed E-state index contributed by atoms with van der Waals surface area (Å²) in [6.45, 7) is 3.14. The Kier molecular flexibility index (Phi) is 4.35. The van der Waals surface area contributed by atoms with Gasteiger partial charge in [0, 0.05) is 43.9 Å². The Hall–Kier alpha value is -1.99. The largest absolute Gasteiger partial charge is 0.384 e. The molecule has 1 amide bonds. The van der Waals surface area contributed by atoms with Gasteiger partial charge in [0.25, 0.3) is 5.91 Å². The van der Waals surface area contributed by atoms with E-state index in [2.05, 4.69) is 20.6 Å². The lowest BCUT2D eigenvalue weighted by molar-refractivity contribution is 0.0511. The summed E-state index contributed by atoms with van der Waals surface area (Å²) < 4.78 is 7.16. The van der Waals surface area contributed by atoms with Crippen LogP contribution in [0.3, 0.4) is 0 Å². The minimum absolute atomic E-state index is 0.00382. The van der Waals surface area contributed by atoms with Gasteiger partial charge in [0.2, 0.25) is 0 Å². The first-order chi connectivity index (χ1) is 10.7. The van der Waals surface area contributed by atoms with Gasteiger partial charge in [0.05, 0.1) is 6.61 Å². The molecule has 1 aliphatic rings. The average molecular weight is 303 g/mol. The zero-order chi connectivity index (χ0) is 15.4. The number of rotatable bonds is 5. The fraction of sp³-hybridized carbons (Fsp3) is 0.533. The first kappa shape index (κ1) is 14.9. The van der Waals surface area contributed by atoms with Crippen LogP contribution in [0.4, 0.5) is 0 Å². The highest BCUT2D eigenvalue weighted by Gasteiger charge is 2.32. The molecule has 0 spiro atoms. The summed E-state index contributed by atoms with van der Waals surface area (Å²) in [5.74, 6) is -0.189. The van der Waals surface area contributed by atoms with E-state index in [-0.39, 0.29) is 11.3 Å². The number of hydrogen-bond acceptors (Lipinski definition) is 5. The molecule has 0 atom stereocenters. The first-order valence-electron chi connectivity index (χ1n) is 7.50. The van der Waals surface area contributed by atoms with E-state index in [1.807, 2.05) is 0 Å². The molecule has 3 heterocycles. The second-order valence-corrected chi connectivity index (χ2v) is 5.80. The van der Waals surface area contributed by atoms with Crippen LogP contribution in [0.2, 0.25) is 0 Å². The number of nitrogens with zero attached hydrogens (tertiary/aromatic N) is 3. The molecule has 7 nitrogen and oxygen atoms in total. The van der Waals surface area contributed by atoms with Crippen LogP contribution in [0, 0.1) is 5.41 Å². The van der Waals surface area contributed by atoms with Gasteiger partial charge in [-0.25, -0.2) is 9.97 Å². The van der Waals surface area contributed by atoms with Crippen molar-refractivity contribution in [2.24, 2.45) is 5.41 Å². The third-order valence-corrected chi connectivity index (χ3v) is 4.27. The Morgan fingerprint density at radius 2 is 2.09 bits per heavy atom. The molecule has 1 fully saturated rings. The van der Waals surface area contributed by atoms with Crippen molar-refractivity contribution in [1.82, 2.24) is 25.0 Å². The number of amides is 1. The van der Waals surface area contributed by atoms with Gasteiger partial charge in [-0.05, 0) is 25.9 Å². The lowest BCUT2D eigenvalue weighted by atomic mass is 9.79. The molecule has 2 aromatic rings. The SMILES string of the molecule is COCC1(CNC(=O)c2nccn3ccnc23)CCNCC1. The molecule has 2 N–H and O–H groups in total. The molecule has 7 heteroatoms. The summed E-state index contributed by atoms with van der Waals surface area (Å²) >= 11 is 0. The van der Waals surface area contributed by atoms with Crippen molar-refractivity contribution >= 4 is 11.6 Å². The van der Waals surface area contributed by atoms with Crippen molar-refractivity contribution in [2.45, 2.75) is 12.8 Å². The lowest BCUT2D eigenvalue weighted by Gasteiger charge is -2.37. The summed E-state index contributed by atoms with van der Waals surface area (Å²) in [5.41, 5.74) is 0.927. The number of nitrogens with one attached hydrogen (secondary N) is 2. The highest BCUT2D eigenvalue weighted by atomic mass is 16.5. The van der Waals surface area contributed by atoms with Gasteiger partial charge in [-0.2, -0.15) is 0 Å². The molecular weight excluding hydrogens is 282 g/mol. The number of hydrogen-bond donors (Lipinski definition) is 2. The van der Waals surface area contributed by atoms with Crippen molar-refractivity contribution in [1.29, 1.82) is 0 Å². The number of ether oxygens (including phenoxy) is 1. The molecule has 0 radical (unpaired) electrons. The molecule has 3 rings (SSSR count). The van der Waals surface area contributed by atoms with Crippen LogP contribution < -0.4 is 10.6 Å². The van der Waals surface area contributed by atoms with Crippen molar-refractivity contribution in [3.63, 3.8) is 0 Å². The Bertz CT molecular complexity index is 643. The van der Waals surface area contributed by atoms with Crippen LogP contribution >= 0.6 is 0 Å². The van der Waals surface area contributed by atoms with Crippen molar-refractivity contribution in [3.05, 3.63) is 30.5 Å². The van der Waals surface area contributed by atoms with Gasteiger partial charge in [-0.1, -0.05) is 0 Å². The van der Waals surface area contributed by atoms with Gasteiger partial charge in [0.1, 0.15) is 0 Å². The van der Waals surface area contributed by atoms with Gasteiger partial charge in [-0.15, -0.1) is 0 Å². The minimum atomic E-state index is -0.189. The van der Waals surface area contributed by atoms with Crippen molar-refractivity contribution in [3.8, 4) is 0 Å². The van der Waals surface area contributed by atoms with Crippen LogP contribution in [0.1, 0.15) is 23.3 Å². The van der Waals surface area contributed by atoms with E-state index in [0.29, 0.717) is 24.5 Å². The van der Waals surface area contributed by atoms with E-state index < -0.39 is 0 Å². The average Bonchev–Trinajstić information content (AvgIpc) is 3.02. The molecule has 118 valence electrons. The summed E-state index contributed by atoms with van der Waals surface area (Å²) in [7, 11) is 1.71. The maximum atomic E-state index is 12.5. The Morgan fingerprint density at radius 1 is 1.36 bits per heavy atom. The molecule has 0 bridgehead atoms. The number of carbonyl (C=O) groups is 1. The standard InChI is InChI=1S/C15H21N5O2/c1-22-11-15(2-4-16-5-3-15)10-19-14(21)12-13-18-7-9-20(13)8-6-17-12/h6-9,16H,2-5,10-11H2,1H3,(H,19,21). The van der Waals surface area contributed by atoms with E-state index in [0.717, 1.165) is 25.9 Å². The zero-order valence-corrected chi connectivity index (χ0v) is 12.7. The topological polar surface area (TPSA) is 80.5 Å². The monoisotopic (exact) mass is 303 g/mol. The smallest absolute Gasteiger partial charge is 0.273 e. The van der Waals surface area contributed by atoms with E-state index in [9.17, 15) is 4.79 Å². The molecule has 1 saturated heterocycles. The fourth-order valence-electron chi connectivity index (χ4n) is 3.00. The molecule has 0 saturated carbocycles. The van der Waals surface area contributed by atoms with Crippen LogP contribution in [0.25, 0.3) is 5.65 Å². The maximum Gasteiger partial charge on any atom is 0.273 e. The zero-order valence-electron chi connectivity index (χ0n) is 12.7. The summed E-state index contributed by atoms with van der Waals surface area (Å²) in [5, 5.41) is 6.36. The Labute approximate surface area is 129 Å². The Balaban J connectivity index is 1.72. The van der Waals surface area contributed by atoms with Crippen LogP contribution in [0.15, 0.2) is 24.8 Å². The fourth-order valence-corrected chi connectivity index (χ4v) is 3.00. The molecule has 1 aliphatic heterocycles. The van der Waals surface area contributed by atoms with E-state index in [1.54, 1.807) is 36.3 Å². The number of aromatic nitrogens is 3.